The van der Waals surface area contributed by atoms with E-state index in [9.17, 15) is 4.39 Å². The smallest absolute Gasteiger partial charge is 0.146 e. The van der Waals surface area contributed by atoms with Crippen molar-refractivity contribution in [3.63, 3.8) is 0 Å². The summed E-state index contributed by atoms with van der Waals surface area (Å²) < 4.78 is 19.3. The molecule has 3 nitrogen and oxygen atoms in total. The van der Waals surface area contributed by atoms with Gasteiger partial charge in [-0.3, -0.25) is 0 Å². The lowest BCUT2D eigenvalue weighted by atomic mass is 10.0. The Morgan fingerprint density at radius 1 is 1.32 bits per heavy atom. The molecule has 0 aromatic heterocycles. The first kappa shape index (κ1) is 15.9. The summed E-state index contributed by atoms with van der Waals surface area (Å²) >= 11 is 0. The number of para-hydroxylation sites is 1. The summed E-state index contributed by atoms with van der Waals surface area (Å²) in [6.07, 6.45) is 0. The van der Waals surface area contributed by atoms with Crippen molar-refractivity contribution < 1.29 is 9.13 Å². The third kappa shape index (κ3) is 4.48. The van der Waals surface area contributed by atoms with Crippen LogP contribution in [0.1, 0.15) is 32.4 Å². The molecule has 0 fully saturated rings. The average Bonchev–Trinajstić information content (AvgIpc) is 2.33. The Hall–Kier alpha value is -1.13. The van der Waals surface area contributed by atoms with Crippen molar-refractivity contribution in [3.8, 4) is 0 Å². The second-order valence-electron chi connectivity index (χ2n) is 5.30. The van der Waals surface area contributed by atoms with Gasteiger partial charge in [0, 0.05) is 26.2 Å². The molecule has 0 radical (unpaired) electrons. The molecular weight excluding hydrogens is 243 g/mol. The molecule has 108 valence electrons. The molecule has 0 aliphatic rings. The summed E-state index contributed by atoms with van der Waals surface area (Å²) in [6.45, 7) is 8.12. The van der Waals surface area contributed by atoms with Crippen molar-refractivity contribution in [1.82, 2.24) is 0 Å². The van der Waals surface area contributed by atoms with Gasteiger partial charge in [0.05, 0.1) is 12.3 Å². The Labute approximate surface area is 115 Å². The Morgan fingerprint density at radius 3 is 2.53 bits per heavy atom. The number of benzene rings is 1. The zero-order valence-electron chi connectivity index (χ0n) is 12.3. The van der Waals surface area contributed by atoms with Gasteiger partial charge in [-0.1, -0.05) is 26.0 Å². The number of rotatable bonds is 7. The molecule has 0 saturated carbocycles. The second-order valence-corrected chi connectivity index (χ2v) is 5.30. The van der Waals surface area contributed by atoms with E-state index >= 15 is 0 Å². The molecule has 0 aliphatic heterocycles. The number of hydrogen-bond acceptors (Lipinski definition) is 3. The van der Waals surface area contributed by atoms with E-state index in [-0.39, 0.29) is 11.9 Å². The van der Waals surface area contributed by atoms with E-state index in [1.54, 1.807) is 13.2 Å². The summed E-state index contributed by atoms with van der Waals surface area (Å²) in [5, 5.41) is 0. The molecule has 0 bridgehead atoms. The van der Waals surface area contributed by atoms with Gasteiger partial charge < -0.3 is 15.4 Å². The zero-order chi connectivity index (χ0) is 14.4. The maximum absolute atomic E-state index is 14.2. The third-order valence-corrected chi connectivity index (χ3v) is 2.98. The first-order valence-electron chi connectivity index (χ1n) is 6.75. The summed E-state index contributed by atoms with van der Waals surface area (Å²) in [6, 6.07) is 4.90. The standard InChI is InChI=1S/C15H25FN2O/c1-11(2)10-18(8-9-19-4)15-13(12(3)17)6-5-7-14(15)16/h5-7,11-12H,8-10,17H2,1-4H3. The molecule has 2 N–H and O–H groups in total. The van der Waals surface area contributed by atoms with Crippen LogP contribution in [0.2, 0.25) is 0 Å². The van der Waals surface area contributed by atoms with Gasteiger partial charge in [-0.25, -0.2) is 4.39 Å². The molecule has 1 aromatic rings. The van der Waals surface area contributed by atoms with Gasteiger partial charge in [0.25, 0.3) is 0 Å². The minimum Gasteiger partial charge on any atom is -0.383 e. The molecule has 19 heavy (non-hydrogen) atoms. The molecule has 1 rings (SSSR count). The lowest BCUT2D eigenvalue weighted by Gasteiger charge is -2.30. The fourth-order valence-corrected chi connectivity index (χ4v) is 2.17. The maximum atomic E-state index is 14.2. The van der Waals surface area contributed by atoms with E-state index in [4.69, 9.17) is 10.5 Å². The van der Waals surface area contributed by atoms with E-state index in [0.29, 0.717) is 24.8 Å². The van der Waals surface area contributed by atoms with Gasteiger partial charge in [0.2, 0.25) is 0 Å². The monoisotopic (exact) mass is 268 g/mol. The zero-order valence-corrected chi connectivity index (χ0v) is 12.3. The van der Waals surface area contributed by atoms with Gasteiger partial charge in [0.15, 0.2) is 0 Å². The summed E-state index contributed by atoms with van der Waals surface area (Å²) in [5.41, 5.74) is 7.41. The number of methoxy groups -OCH3 is 1. The molecular formula is C15H25FN2O. The van der Waals surface area contributed by atoms with Crippen molar-refractivity contribution in [3.05, 3.63) is 29.6 Å². The molecule has 0 heterocycles. The summed E-state index contributed by atoms with van der Waals surface area (Å²) in [4.78, 5) is 2.03. The van der Waals surface area contributed by atoms with E-state index in [1.807, 2.05) is 17.9 Å². The van der Waals surface area contributed by atoms with Crippen LogP contribution >= 0.6 is 0 Å². The fourth-order valence-electron chi connectivity index (χ4n) is 2.17. The fraction of sp³-hybridized carbons (Fsp3) is 0.600. The lowest BCUT2D eigenvalue weighted by Crippen LogP contribution is -2.33. The van der Waals surface area contributed by atoms with E-state index < -0.39 is 0 Å². The number of nitrogens with two attached hydrogens (primary N) is 1. The van der Waals surface area contributed by atoms with Gasteiger partial charge in [-0.2, -0.15) is 0 Å². The van der Waals surface area contributed by atoms with Crippen LogP contribution in [0, 0.1) is 11.7 Å². The number of halogens is 1. The summed E-state index contributed by atoms with van der Waals surface area (Å²) in [5.74, 6) is 0.226. The van der Waals surface area contributed by atoms with Crippen LogP contribution < -0.4 is 10.6 Å². The normalized spacial score (nSPS) is 12.8. The average molecular weight is 268 g/mol. The van der Waals surface area contributed by atoms with Gasteiger partial charge in [-0.15, -0.1) is 0 Å². The van der Waals surface area contributed by atoms with Crippen molar-refractivity contribution in [1.29, 1.82) is 0 Å². The molecule has 0 saturated heterocycles. The first-order valence-corrected chi connectivity index (χ1v) is 6.75. The maximum Gasteiger partial charge on any atom is 0.146 e. The van der Waals surface area contributed by atoms with E-state index in [2.05, 4.69) is 13.8 Å². The highest BCUT2D eigenvalue weighted by Crippen LogP contribution is 2.29. The first-order chi connectivity index (χ1) is 8.97. The topological polar surface area (TPSA) is 38.5 Å². The van der Waals surface area contributed by atoms with Crippen LogP contribution in [-0.2, 0) is 4.74 Å². The molecule has 1 atom stereocenters. The molecule has 1 unspecified atom stereocenters. The van der Waals surface area contributed by atoms with E-state index in [0.717, 1.165) is 12.1 Å². The predicted octanol–water partition coefficient (Wildman–Crippen LogP) is 2.95. The van der Waals surface area contributed by atoms with Gasteiger partial charge in [0.1, 0.15) is 5.82 Å². The molecule has 0 spiro atoms. The highest BCUT2D eigenvalue weighted by Gasteiger charge is 2.18. The van der Waals surface area contributed by atoms with Crippen molar-refractivity contribution >= 4 is 5.69 Å². The van der Waals surface area contributed by atoms with E-state index in [1.165, 1.54) is 6.07 Å². The molecule has 0 amide bonds. The van der Waals surface area contributed by atoms with Crippen LogP contribution in [-0.4, -0.2) is 26.8 Å². The van der Waals surface area contributed by atoms with Crippen molar-refractivity contribution in [2.75, 3.05) is 31.7 Å². The number of anilines is 1. The highest BCUT2D eigenvalue weighted by molar-refractivity contribution is 5.56. The number of hydrogen-bond donors (Lipinski definition) is 1. The molecule has 0 aliphatic carbocycles. The molecule has 1 aromatic carbocycles. The summed E-state index contributed by atoms with van der Waals surface area (Å²) in [7, 11) is 1.65. The number of nitrogens with zero attached hydrogens (tertiary/aromatic N) is 1. The lowest BCUT2D eigenvalue weighted by molar-refractivity contribution is 0.204. The van der Waals surface area contributed by atoms with Gasteiger partial charge >= 0.3 is 0 Å². The van der Waals surface area contributed by atoms with Crippen LogP contribution in [0.15, 0.2) is 18.2 Å². The minimum atomic E-state index is -0.216. The Bertz CT molecular complexity index is 394. The highest BCUT2D eigenvalue weighted by atomic mass is 19.1. The SMILES string of the molecule is COCCN(CC(C)C)c1c(F)cccc1C(C)N. The third-order valence-electron chi connectivity index (χ3n) is 2.98. The van der Waals surface area contributed by atoms with Crippen LogP contribution in [0.4, 0.5) is 10.1 Å². The Kier molecular flexibility index (Phi) is 6.25. The van der Waals surface area contributed by atoms with Crippen LogP contribution in [0.5, 0.6) is 0 Å². The second kappa shape index (κ2) is 7.46. The van der Waals surface area contributed by atoms with Crippen LogP contribution in [0.25, 0.3) is 0 Å². The minimum absolute atomic E-state index is 0.192. The quantitative estimate of drug-likeness (QED) is 0.826. The van der Waals surface area contributed by atoms with Gasteiger partial charge in [-0.05, 0) is 24.5 Å². The number of ether oxygens (including phenoxy) is 1. The largest absolute Gasteiger partial charge is 0.383 e. The Morgan fingerprint density at radius 2 is 2.00 bits per heavy atom. The predicted molar refractivity (Wildman–Crippen MR) is 77.9 cm³/mol. The Balaban J connectivity index is 3.12. The molecule has 4 heteroatoms. The van der Waals surface area contributed by atoms with Crippen molar-refractivity contribution in [2.45, 2.75) is 26.8 Å². The van der Waals surface area contributed by atoms with Crippen molar-refractivity contribution in [2.24, 2.45) is 11.7 Å². The van der Waals surface area contributed by atoms with Crippen LogP contribution in [0.3, 0.4) is 0 Å².